The molecule has 1 aromatic carbocycles. The molecule has 0 bridgehead atoms. The number of aliphatic hydroxyl groups excluding tert-OH is 1. The van der Waals surface area contributed by atoms with Crippen LogP contribution in [0.3, 0.4) is 0 Å². The summed E-state index contributed by atoms with van der Waals surface area (Å²) in [6, 6.07) is 4.92. The number of amides is 2. The Bertz CT molecular complexity index is 1140. The van der Waals surface area contributed by atoms with Gasteiger partial charge in [-0.15, -0.1) is 0 Å². The number of para-hydroxylation sites is 1. The number of anilines is 1. The monoisotopic (exact) mass is 508 g/mol. The molecule has 37 heavy (non-hydrogen) atoms. The lowest BCUT2D eigenvalue weighted by Gasteiger charge is -2.38. The van der Waals surface area contributed by atoms with Gasteiger partial charge in [-0.3, -0.25) is 14.4 Å². The normalized spacial score (nSPS) is 34.5. The fraction of sp³-hybridized carbons (Fsp3) is 0.552. The van der Waals surface area contributed by atoms with Gasteiger partial charge in [-0.1, -0.05) is 42.5 Å². The van der Waals surface area contributed by atoms with Crippen LogP contribution in [0.2, 0.25) is 0 Å². The van der Waals surface area contributed by atoms with Gasteiger partial charge in [-0.05, 0) is 57.6 Å². The first-order valence-corrected chi connectivity index (χ1v) is 13.3. The predicted octanol–water partition coefficient (Wildman–Crippen LogP) is 2.84. The number of fused-ring (bicyclic) bond motifs is 2. The summed E-state index contributed by atoms with van der Waals surface area (Å²) >= 11 is 0. The first-order chi connectivity index (χ1) is 17.7. The van der Waals surface area contributed by atoms with Crippen LogP contribution in [0.4, 0.5) is 5.69 Å². The average molecular weight is 509 g/mol. The van der Waals surface area contributed by atoms with Gasteiger partial charge in [-0.2, -0.15) is 0 Å². The summed E-state index contributed by atoms with van der Waals surface area (Å²) in [6.45, 7) is 6.43. The van der Waals surface area contributed by atoms with Crippen molar-refractivity contribution in [1.29, 1.82) is 0 Å². The maximum absolute atomic E-state index is 14.4. The largest absolute Gasteiger partial charge is 0.465 e. The molecule has 5 atom stereocenters. The first kappa shape index (κ1) is 25.7. The molecule has 0 saturated carbocycles. The summed E-state index contributed by atoms with van der Waals surface area (Å²) in [5.41, 5.74) is 0.302. The maximum Gasteiger partial charge on any atom is 0.313 e. The van der Waals surface area contributed by atoms with E-state index < -0.39 is 35.0 Å². The molecule has 2 fully saturated rings. The highest BCUT2D eigenvalue weighted by Crippen LogP contribution is 2.57. The number of aliphatic hydroxyl groups is 1. The molecule has 4 aliphatic heterocycles. The lowest BCUT2D eigenvalue weighted by atomic mass is 9.74. The maximum atomic E-state index is 14.4. The third kappa shape index (κ3) is 4.01. The van der Waals surface area contributed by atoms with Crippen molar-refractivity contribution < 1.29 is 29.0 Å². The molecule has 1 spiro atoms. The van der Waals surface area contributed by atoms with E-state index in [0.717, 1.165) is 36.1 Å². The molecule has 4 heterocycles. The minimum Gasteiger partial charge on any atom is -0.465 e. The Kier molecular flexibility index (Phi) is 6.75. The van der Waals surface area contributed by atoms with Gasteiger partial charge in [-0.25, -0.2) is 0 Å². The molecule has 5 rings (SSSR count). The summed E-state index contributed by atoms with van der Waals surface area (Å²) in [5.74, 6) is -2.82. The van der Waals surface area contributed by atoms with Crippen LogP contribution in [0, 0.1) is 25.7 Å². The molecule has 1 unspecified atom stereocenters. The third-order valence-electron chi connectivity index (χ3n) is 8.27. The number of hydrogen-bond donors (Lipinski definition) is 1. The SMILES string of the molecule is Cc1cccc(C)c1N1CC=C[C@]23O[C@]4(C)/C=C\CCCCOC(=O)[C@@H]4[C@H]2C(=O)N(CCCO)C3C1=O. The van der Waals surface area contributed by atoms with E-state index in [1.54, 1.807) is 4.90 Å². The van der Waals surface area contributed by atoms with Crippen molar-refractivity contribution >= 4 is 23.5 Å². The zero-order chi connectivity index (χ0) is 26.4. The number of allylic oxidation sites excluding steroid dienone is 1. The smallest absolute Gasteiger partial charge is 0.313 e. The van der Waals surface area contributed by atoms with Crippen molar-refractivity contribution in [3.63, 3.8) is 0 Å². The molecule has 8 nitrogen and oxygen atoms in total. The summed E-state index contributed by atoms with van der Waals surface area (Å²) in [4.78, 5) is 45.3. The number of carbonyl (C=O) groups excluding carboxylic acids is 3. The third-order valence-corrected chi connectivity index (χ3v) is 8.27. The van der Waals surface area contributed by atoms with Crippen LogP contribution in [0.1, 0.15) is 43.7 Å². The molecule has 0 radical (unpaired) electrons. The van der Waals surface area contributed by atoms with Crippen molar-refractivity contribution in [2.24, 2.45) is 11.8 Å². The number of esters is 1. The average Bonchev–Trinajstić information content (AvgIpc) is 3.18. The summed E-state index contributed by atoms with van der Waals surface area (Å²) in [5, 5.41) is 9.57. The Morgan fingerprint density at radius 3 is 2.51 bits per heavy atom. The van der Waals surface area contributed by atoms with E-state index >= 15 is 0 Å². The summed E-state index contributed by atoms with van der Waals surface area (Å²) < 4.78 is 12.4. The summed E-state index contributed by atoms with van der Waals surface area (Å²) in [7, 11) is 0. The van der Waals surface area contributed by atoms with E-state index in [2.05, 4.69) is 0 Å². The first-order valence-electron chi connectivity index (χ1n) is 13.3. The number of rotatable bonds is 4. The molecule has 198 valence electrons. The van der Waals surface area contributed by atoms with Crippen LogP contribution in [-0.2, 0) is 23.9 Å². The van der Waals surface area contributed by atoms with Gasteiger partial charge in [0.05, 0.1) is 18.1 Å². The van der Waals surface area contributed by atoms with Gasteiger partial charge in [0.15, 0.2) is 0 Å². The standard InChI is InChI=1S/C29H36N2O6/c1-19-11-8-12-20(2)23(19)30-15-9-14-29-21(25(33)31(16-10-17-32)24(29)26(30)34)22-27(35)36-18-7-5-4-6-13-28(22,3)37-29/h6,8-9,11-14,21-22,24,32H,4-5,7,10,15-18H2,1-3H3/b13-6-/t21-,22-,24?,28+,29-/m0/s1. The number of nitrogens with zero attached hydrogens (tertiary/aromatic N) is 2. The highest BCUT2D eigenvalue weighted by molar-refractivity contribution is 6.06. The van der Waals surface area contributed by atoms with Crippen LogP contribution in [-0.4, -0.2) is 71.3 Å². The second kappa shape index (κ2) is 9.72. The van der Waals surface area contributed by atoms with Crippen molar-refractivity contribution in [1.82, 2.24) is 4.90 Å². The van der Waals surface area contributed by atoms with Gasteiger partial charge in [0, 0.05) is 25.4 Å². The topological polar surface area (TPSA) is 96.4 Å². The van der Waals surface area contributed by atoms with Crippen molar-refractivity contribution in [3.05, 3.63) is 53.6 Å². The van der Waals surface area contributed by atoms with E-state index in [1.807, 2.05) is 63.3 Å². The highest BCUT2D eigenvalue weighted by atomic mass is 16.6. The number of aryl methyl sites for hydroxylation is 2. The Hall–Kier alpha value is -2.97. The van der Waals surface area contributed by atoms with Gasteiger partial charge in [0.1, 0.15) is 17.6 Å². The Labute approximate surface area is 217 Å². The molecule has 8 heteroatoms. The number of carbonyl (C=O) groups is 3. The predicted molar refractivity (Wildman–Crippen MR) is 138 cm³/mol. The molecule has 2 amide bonds. The van der Waals surface area contributed by atoms with Crippen molar-refractivity contribution in [3.8, 4) is 0 Å². The number of likely N-dealkylation sites (tertiary alicyclic amines) is 1. The lowest BCUT2D eigenvalue weighted by molar-refractivity contribution is -0.158. The van der Waals surface area contributed by atoms with Gasteiger partial charge in [0.2, 0.25) is 5.91 Å². The second-order valence-electron chi connectivity index (χ2n) is 10.8. The minimum absolute atomic E-state index is 0.119. The van der Waals surface area contributed by atoms with E-state index in [1.165, 1.54) is 4.90 Å². The van der Waals surface area contributed by atoms with Gasteiger partial charge >= 0.3 is 5.97 Å². The number of benzene rings is 1. The van der Waals surface area contributed by atoms with Crippen LogP contribution >= 0.6 is 0 Å². The second-order valence-corrected chi connectivity index (χ2v) is 10.8. The fourth-order valence-electron chi connectivity index (χ4n) is 6.71. The lowest BCUT2D eigenvalue weighted by Crippen LogP contribution is -2.56. The Morgan fingerprint density at radius 2 is 1.78 bits per heavy atom. The Morgan fingerprint density at radius 1 is 1.03 bits per heavy atom. The fourth-order valence-corrected chi connectivity index (χ4v) is 6.71. The van der Waals surface area contributed by atoms with E-state index in [-0.39, 0.29) is 25.0 Å². The van der Waals surface area contributed by atoms with Gasteiger partial charge in [0.25, 0.3) is 5.91 Å². The minimum atomic E-state index is -1.33. The zero-order valence-electron chi connectivity index (χ0n) is 21.8. The van der Waals surface area contributed by atoms with E-state index in [0.29, 0.717) is 19.6 Å². The van der Waals surface area contributed by atoms with Crippen LogP contribution < -0.4 is 4.90 Å². The quantitative estimate of drug-likeness (QED) is 0.496. The molecule has 0 aromatic heterocycles. The molecule has 0 aliphatic carbocycles. The number of ether oxygens (including phenoxy) is 2. The number of cyclic esters (lactones) is 1. The number of hydrogen-bond acceptors (Lipinski definition) is 6. The highest BCUT2D eigenvalue weighted by Gasteiger charge is 2.74. The van der Waals surface area contributed by atoms with Crippen LogP contribution in [0.25, 0.3) is 0 Å². The van der Waals surface area contributed by atoms with E-state index in [4.69, 9.17) is 9.47 Å². The van der Waals surface area contributed by atoms with Crippen LogP contribution in [0.15, 0.2) is 42.5 Å². The van der Waals surface area contributed by atoms with Crippen LogP contribution in [0.5, 0.6) is 0 Å². The molecular formula is C29H36N2O6. The van der Waals surface area contributed by atoms with E-state index in [9.17, 15) is 19.5 Å². The molecule has 2 saturated heterocycles. The van der Waals surface area contributed by atoms with Gasteiger partial charge < -0.3 is 24.4 Å². The Balaban J connectivity index is 1.65. The molecule has 1 aromatic rings. The van der Waals surface area contributed by atoms with Crippen molar-refractivity contribution in [2.75, 3.05) is 31.2 Å². The van der Waals surface area contributed by atoms with Crippen molar-refractivity contribution in [2.45, 2.75) is 63.7 Å². The molecule has 4 aliphatic rings. The molecular weight excluding hydrogens is 472 g/mol. The zero-order valence-corrected chi connectivity index (χ0v) is 21.8. The summed E-state index contributed by atoms with van der Waals surface area (Å²) in [6.07, 6.45) is 10.4. The molecule has 1 N–H and O–H groups in total.